The number of hydrogen-bond donors (Lipinski definition) is 1. The number of halogens is 1. The van der Waals surface area contributed by atoms with Gasteiger partial charge in [-0.05, 0) is 31.2 Å². The smallest absolute Gasteiger partial charge is 0.242 e. The molecule has 2 rings (SSSR count). The Morgan fingerprint density at radius 2 is 2.00 bits per heavy atom. The number of amides is 1. The van der Waals surface area contributed by atoms with Gasteiger partial charge >= 0.3 is 0 Å². The normalized spacial score (nSPS) is 12.9. The van der Waals surface area contributed by atoms with Gasteiger partial charge in [-0.3, -0.25) is 4.79 Å². The molecule has 0 saturated carbocycles. The molecule has 0 fully saturated rings. The van der Waals surface area contributed by atoms with Gasteiger partial charge in [0, 0.05) is 17.6 Å². The van der Waals surface area contributed by atoms with Crippen molar-refractivity contribution in [2.45, 2.75) is 17.9 Å². The predicted molar refractivity (Wildman–Crippen MR) is 80.9 cm³/mol. The van der Waals surface area contributed by atoms with Crippen LogP contribution in [0, 0.1) is 0 Å². The molecule has 1 amide bonds. The van der Waals surface area contributed by atoms with E-state index in [4.69, 9.17) is 16.1 Å². The number of aromatic nitrogens is 2. The summed E-state index contributed by atoms with van der Waals surface area (Å²) in [7, 11) is -2.35. The maximum absolute atomic E-state index is 12.1. The third-order valence-corrected chi connectivity index (χ3v) is 5.24. The first kappa shape index (κ1) is 16.4. The van der Waals surface area contributed by atoms with Gasteiger partial charge in [-0.15, -0.1) is 0 Å². The molecule has 0 saturated heterocycles. The first-order chi connectivity index (χ1) is 10.3. The van der Waals surface area contributed by atoms with E-state index in [2.05, 4.69) is 15.5 Å². The van der Waals surface area contributed by atoms with E-state index in [1.54, 1.807) is 24.3 Å². The molecule has 7 nitrogen and oxygen atoms in total. The Hall–Kier alpha value is -1.93. The van der Waals surface area contributed by atoms with E-state index in [9.17, 15) is 13.2 Å². The number of nitrogens with one attached hydrogen (secondary N) is 1. The number of benzene rings is 1. The maximum atomic E-state index is 12.1. The molecule has 0 aliphatic rings. The summed E-state index contributed by atoms with van der Waals surface area (Å²) in [6.45, 7) is 1.31. The predicted octanol–water partition coefficient (Wildman–Crippen LogP) is 1.44. The number of nitrogens with zero attached hydrogens (tertiary/aromatic N) is 2. The molecule has 0 spiro atoms. The van der Waals surface area contributed by atoms with Crippen LogP contribution in [0.3, 0.4) is 0 Å². The first-order valence-corrected chi connectivity index (χ1v) is 8.44. The lowest BCUT2D eigenvalue weighted by Gasteiger charge is -2.09. The van der Waals surface area contributed by atoms with Crippen molar-refractivity contribution in [3.8, 4) is 11.4 Å². The average Bonchev–Trinajstić information content (AvgIpc) is 2.94. The van der Waals surface area contributed by atoms with Gasteiger partial charge in [-0.2, -0.15) is 4.98 Å². The third kappa shape index (κ3) is 3.63. The van der Waals surface area contributed by atoms with Gasteiger partial charge in [-0.25, -0.2) is 8.42 Å². The number of carbonyl (C=O) groups is 1. The summed E-state index contributed by atoms with van der Waals surface area (Å²) in [6.07, 6.45) is 0. The molecule has 2 aromatic rings. The molecule has 118 valence electrons. The van der Waals surface area contributed by atoms with Crippen LogP contribution < -0.4 is 5.32 Å². The van der Waals surface area contributed by atoms with E-state index >= 15 is 0 Å². The van der Waals surface area contributed by atoms with Crippen molar-refractivity contribution in [3.63, 3.8) is 0 Å². The van der Waals surface area contributed by atoms with Crippen LogP contribution in [0.4, 0.5) is 0 Å². The number of carbonyl (C=O) groups excluding carboxylic acids is 1. The highest BCUT2D eigenvalue weighted by atomic mass is 35.5. The molecule has 1 heterocycles. The number of rotatable bonds is 5. The van der Waals surface area contributed by atoms with Crippen LogP contribution in [-0.4, -0.2) is 36.8 Å². The summed E-state index contributed by atoms with van der Waals surface area (Å²) in [5, 5.41) is 5.40. The second kappa shape index (κ2) is 6.45. The molecule has 1 aromatic carbocycles. The summed E-state index contributed by atoms with van der Waals surface area (Å²) in [6, 6.07) is 6.71. The van der Waals surface area contributed by atoms with Gasteiger partial charge < -0.3 is 9.84 Å². The maximum Gasteiger partial charge on any atom is 0.242 e. The monoisotopic (exact) mass is 343 g/mol. The summed E-state index contributed by atoms with van der Waals surface area (Å²) in [5.74, 6) is -0.894. The topological polar surface area (TPSA) is 102 Å². The van der Waals surface area contributed by atoms with Crippen LogP contribution in [0.25, 0.3) is 11.4 Å². The SMILES string of the molecule is CNC(=O)C(C)S(=O)(=O)Cc1nc(-c2ccc(Cl)cc2)no1. The van der Waals surface area contributed by atoms with E-state index in [1.807, 2.05) is 0 Å². The fourth-order valence-corrected chi connectivity index (χ4v) is 2.97. The van der Waals surface area contributed by atoms with Crippen LogP contribution in [-0.2, 0) is 20.4 Å². The molecule has 9 heteroatoms. The second-order valence-corrected chi connectivity index (χ2v) is 7.34. The Balaban J connectivity index is 2.18. The Kier molecular flexibility index (Phi) is 4.82. The van der Waals surface area contributed by atoms with Crippen LogP contribution in [0.15, 0.2) is 28.8 Å². The van der Waals surface area contributed by atoms with Gasteiger partial charge in [0.05, 0.1) is 0 Å². The molecule has 0 radical (unpaired) electrons. The van der Waals surface area contributed by atoms with Crippen LogP contribution in [0.1, 0.15) is 12.8 Å². The second-order valence-electron chi connectivity index (χ2n) is 4.58. The van der Waals surface area contributed by atoms with Gasteiger partial charge in [0.2, 0.25) is 17.6 Å². The van der Waals surface area contributed by atoms with Crippen LogP contribution >= 0.6 is 11.6 Å². The van der Waals surface area contributed by atoms with Gasteiger partial charge in [-0.1, -0.05) is 16.8 Å². The quantitative estimate of drug-likeness (QED) is 0.881. The van der Waals surface area contributed by atoms with Crippen molar-refractivity contribution in [1.29, 1.82) is 0 Å². The summed E-state index contributed by atoms with van der Waals surface area (Å²) < 4.78 is 29.1. The highest BCUT2D eigenvalue weighted by Crippen LogP contribution is 2.19. The summed E-state index contributed by atoms with van der Waals surface area (Å²) in [5.41, 5.74) is 0.649. The molecule has 22 heavy (non-hydrogen) atoms. The molecule has 0 bridgehead atoms. The minimum absolute atomic E-state index is 0.0688. The zero-order valence-corrected chi connectivity index (χ0v) is 13.5. The lowest BCUT2D eigenvalue weighted by atomic mass is 10.2. The van der Waals surface area contributed by atoms with Crippen molar-refractivity contribution in [2.24, 2.45) is 0 Å². The van der Waals surface area contributed by atoms with Crippen molar-refractivity contribution < 1.29 is 17.7 Å². The molecular weight excluding hydrogens is 330 g/mol. The fraction of sp³-hybridized carbons (Fsp3) is 0.308. The van der Waals surface area contributed by atoms with E-state index in [0.717, 1.165) is 0 Å². The average molecular weight is 344 g/mol. The standard InChI is InChI=1S/C13H14ClN3O4S/c1-8(13(18)15-2)22(19,20)7-11-16-12(17-21-11)9-3-5-10(14)6-4-9/h3-6,8H,7H2,1-2H3,(H,15,18). The largest absolute Gasteiger partial charge is 0.358 e. The Bertz CT molecular complexity index is 771. The fourth-order valence-electron chi connectivity index (χ4n) is 1.69. The molecule has 1 unspecified atom stereocenters. The van der Waals surface area contributed by atoms with Gasteiger partial charge in [0.1, 0.15) is 11.0 Å². The molecule has 1 aromatic heterocycles. The van der Waals surface area contributed by atoms with Crippen molar-refractivity contribution in [3.05, 3.63) is 35.2 Å². The first-order valence-electron chi connectivity index (χ1n) is 6.35. The Morgan fingerprint density at radius 1 is 1.36 bits per heavy atom. The minimum atomic E-state index is -3.73. The molecule has 0 aliphatic heterocycles. The number of sulfone groups is 1. The highest BCUT2D eigenvalue weighted by molar-refractivity contribution is 7.92. The van der Waals surface area contributed by atoms with Crippen molar-refractivity contribution in [1.82, 2.24) is 15.5 Å². The lowest BCUT2D eigenvalue weighted by molar-refractivity contribution is -0.119. The van der Waals surface area contributed by atoms with E-state index in [0.29, 0.717) is 10.6 Å². The van der Waals surface area contributed by atoms with E-state index in [-0.39, 0.29) is 11.7 Å². The summed E-state index contributed by atoms with van der Waals surface area (Å²) >= 11 is 5.79. The van der Waals surface area contributed by atoms with Crippen LogP contribution in [0.2, 0.25) is 5.02 Å². The van der Waals surface area contributed by atoms with Crippen molar-refractivity contribution in [2.75, 3.05) is 7.05 Å². The molecular formula is C13H14ClN3O4S. The molecule has 0 aliphatic carbocycles. The van der Waals surface area contributed by atoms with Crippen LogP contribution in [0.5, 0.6) is 0 Å². The molecule has 1 atom stereocenters. The minimum Gasteiger partial charge on any atom is -0.358 e. The Labute approximate surface area is 132 Å². The van der Waals surface area contributed by atoms with Gasteiger partial charge in [0.15, 0.2) is 9.84 Å². The zero-order chi connectivity index (χ0) is 16.3. The molecule has 1 N–H and O–H groups in total. The zero-order valence-electron chi connectivity index (χ0n) is 11.9. The van der Waals surface area contributed by atoms with E-state index < -0.39 is 26.7 Å². The Morgan fingerprint density at radius 3 is 2.59 bits per heavy atom. The lowest BCUT2D eigenvalue weighted by Crippen LogP contribution is -2.36. The van der Waals surface area contributed by atoms with Gasteiger partial charge in [0.25, 0.3) is 0 Å². The van der Waals surface area contributed by atoms with Crippen molar-refractivity contribution >= 4 is 27.3 Å². The highest BCUT2D eigenvalue weighted by Gasteiger charge is 2.29. The van der Waals surface area contributed by atoms with E-state index in [1.165, 1.54) is 14.0 Å². The summed E-state index contributed by atoms with van der Waals surface area (Å²) in [4.78, 5) is 15.5. The number of hydrogen-bond acceptors (Lipinski definition) is 6. The third-order valence-electron chi connectivity index (χ3n) is 3.05.